The van der Waals surface area contributed by atoms with Crippen molar-refractivity contribution in [3.05, 3.63) is 42.2 Å². The lowest BCUT2D eigenvalue weighted by atomic mass is 9.96. The molecule has 0 aliphatic heterocycles. The first-order valence-electron chi connectivity index (χ1n) is 8.40. The van der Waals surface area contributed by atoms with Gasteiger partial charge in [-0.25, -0.2) is 14.2 Å². The molecule has 1 saturated carbocycles. The number of oxazole rings is 1. The molecular formula is C18H22FN3O2. The van der Waals surface area contributed by atoms with Gasteiger partial charge in [-0.2, -0.15) is 0 Å². The summed E-state index contributed by atoms with van der Waals surface area (Å²) in [5, 5.41) is 5.85. The van der Waals surface area contributed by atoms with Gasteiger partial charge in [0.25, 0.3) is 0 Å². The molecule has 0 radical (unpaired) electrons. The third-order valence-corrected chi connectivity index (χ3v) is 4.31. The largest absolute Gasteiger partial charge is 0.438 e. The van der Waals surface area contributed by atoms with Crippen LogP contribution in [0.1, 0.15) is 51.0 Å². The van der Waals surface area contributed by atoms with Gasteiger partial charge >= 0.3 is 6.03 Å². The molecule has 2 aromatic rings. The maximum absolute atomic E-state index is 13.0. The zero-order valence-corrected chi connectivity index (χ0v) is 13.7. The number of aromatic nitrogens is 1. The lowest BCUT2D eigenvalue weighted by molar-refractivity contribution is 0.227. The molecule has 1 atom stereocenters. The minimum atomic E-state index is -0.345. The summed E-state index contributed by atoms with van der Waals surface area (Å²) in [4.78, 5) is 16.3. The van der Waals surface area contributed by atoms with E-state index in [2.05, 4.69) is 15.6 Å². The molecule has 2 N–H and O–H groups in total. The Balaban J connectivity index is 1.57. The van der Waals surface area contributed by atoms with Crippen LogP contribution in [-0.2, 0) is 0 Å². The van der Waals surface area contributed by atoms with Crippen molar-refractivity contribution in [2.45, 2.75) is 51.1 Å². The fourth-order valence-electron chi connectivity index (χ4n) is 2.97. The van der Waals surface area contributed by atoms with Crippen molar-refractivity contribution in [1.29, 1.82) is 0 Å². The van der Waals surface area contributed by atoms with Gasteiger partial charge < -0.3 is 15.1 Å². The fraction of sp³-hybridized carbons (Fsp3) is 0.444. The van der Waals surface area contributed by atoms with Crippen LogP contribution < -0.4 is 10.6 Å². The Morgan fingerprint density at radius 1 is 1.25 bits per heavy atom. The van der Waals surface area contributed by atoms with Gasteiger partial charge in [0.15, 0.2) is 5.76 Å². The number of nitrogens with zero attached hydrogens (tertiary/aromatic N) is 1. The maximum atomic E-state index is 13.0. The van der Waals surface area contributed by atoms with Crippen LogP contribution in [0.4, 0.5) is 9.18 Å². The molecule has 1 heterocycles. The standard InChI is InChI=1S/C18H22FN3O2/c1-12(21-18(23)22-15-5-3-2-4-6-15)17-20-11-16(24-17)13-7-9-14(19)10-8-13/h7-12,15H,2-6H2,1H3,(H2,21,22,23). The second-order valence-corrected chi connectivity index (χ2v) is 6.24. The highest BCUT2D eigenvalue weighted by molar-refractivity contribution is 5.74. The van der Waals surface area contributed by atoms with E-state index in [9.17, 15) is 9.18 Å². The third-order valence-electron chi connectivity index (χ3n) is 4.31. The SMILES string of the molecule is CC(NC(=O)NC1CCCCC1)c1ncc(-c2ccc(F)cc2)o1. The Hall–Kier alpha value is -2.37. The molecule has 2 amide bonds. The topological polar surface area (TPSA) is 67.2 Å². The van der Waals surface area contributed by atoms with Gasteiger partial charge in [-0.3, -0.25) is 0 Å². The van der Waals surface area contributed by atoms with Gasteiger partial charge in [0.2, 0.25) is 5.89 Å². The Bertz CT molecular complexity index is 678. The zero-order chi connectivity index (χ0) is 16.9. The molecule has 1 aromatic heterocycles. The summed E-state index contributed by atoms with van der Waals surface area (Å²) in [7, 11) is 0. The summed E-state index contributed by atoms with van der Waals surface area (Å²) < 4.78 is 18.7. The van der Waals surface area contributed by atoms with E-state index >= 15 is 0 Å². The van der Waals surface area contributed by atoms with Crippen LogP contribution >= 0.6 is 0 Å². The van der Waals surface area contributed by atoms with Crippen molar-refractivity contribution in [2.24, 2.45) is 0 Å². The van der Waals surface area contributed by atoms with Gasteiger partial charge in [0.1, 0.15) is 11.9 Å². The minimum Gasteiger partial charge on any atom is -0.438 e. The molecule has 1 aliphatic rings. The Labute approximate surface area is 140 Å². The molecule has 1 fully saturated rings. The normalized spacial score (nSPS) is 16.6. The van der Waals surface area contributed by atoms with Crippen LogP contribution in [0.5, 0.6) is 0 Å². The summed E-state index contributed by atoms with van der Waals surface area (Å²) in [5.41, 5.74) is 0.744. The molecular weight excluding hydrogens is 309 g/mol. The predicted octanol–water partition coefficient (Wildman–Crippen LogP) is 4.17. The van der Waals surface area contributed by atoms with Crippen LogP contribution in [0.3, 0.4) is 0 Å². The van der Waals surface area contributed by atoms with Crippen LogP contribution in [0.15, 0.2) is 34.9 Å². The predicted molar refractivity (Wildman–Crippen MR) is 88.9 cm³/mol. The first-order chi connectivity index (χ1) is 11.6. The summed E-state index contributed by atoms with van der Waals surface area (Å²) >= 11 is 0. The number of urea groups is 1. The van der Waals surface area contributed by atoms with E-state index in [4.69, 9.17) is 4.42 Å². The number of carbonyl (C=O) groups excluding carboxylic acids is 1. The first kappa shape index (κ1) is 16.5. The molecule has 1 aromatic carbocycles. The number of carbonyl (C=O) groups is 1. The quantitative estimate of drug-likeness (QED) is 0.883. The molecule has 1 aliphatic carbocycles. The first-order valence-corrected chi connectivity index (χ1v) is 8.40. The van der Waals surface area contributed by atoms with E-state index in [-0.39, 0.29) is 23.9 Å². The molecule has 0 saturated heterocycles. The monoisotopic (exact) mass is 331 g/mol. The van der Waals surface area contributed by atoms with Gasteiger partial charge in [0.05, 0.1) is 6.20 Å². The lowest BCUT2D eigenvalue weighted by Crippen LogP contribution is -2.43. The van der Waals surface area contributed by atoms with Gasteiger partial charge in [0, 0.05) is 11.6 Å². The molecule has 24 heavy (non-hydrogen) atoms. The van der Waals surface area contributed by atoms with Crippen LogP contribution in [-0.4, -0.2) is 17.1 Å². The third kappa shape index (κ3) is 4.13. The van der Waals surface area contributed by atoms with Gasteiger partial charge in [-0.15, -0.1) is 0 Å². The summed E-state index contributed by atoms with van der Waals surface area (Å²) in [6.07, 6.45) is 7.24. The number of nitrogens with one attached hydrogen (secondary N) is 2. The van der Waals surface area contributed by atoms with E-state index in [1.165, 1.54) is 31.4 Å². The van der Waals surface area contributed by atoms with Gasteiger partial charge in [-0.1, -0.05) is 19.3 Å². The average molecular weight is 331 g/mol. The van der Waals surface area contributed by atoms with Crippen molar-refractivity contribution in [3.8, 4) is 11.3 Å². The average Bonchev–Trinajstić information content (AvgIpc) is 3.06. The second-order valence-electron chi connectivity index (χ2n) is 6.24. The Kier molecular flexibility index (Phi) is 5.13. The van der Waals surface area contributed by atoms with Crippen molar-refractivity contribution in [2.75, 3.05) is 0 Å². The van der Waals surface area contributed by atoms with E-state index < -0.39 is 0 Å². The molecule has 5 nitrogen and oxygen atoms in total. The van der Waals surface area contributed by atoms with Crippen molar-refractivity contribution in [1.82, 2.24) is 15.6 Å². The van der Waals surface area contributed by atoms with Crippen LogP contribution in [0.25, 0.3) is 11.3 Å². The summed E-state index contributed by atoms with van der Waals surface area (Å²) in [6.45, 7) is 1.82. The highest BCUT2D eigenvalue weighted by Gasteiger charge is 2.19. The molecule has 3 rings (SSSR count). The van der Waals surface area contributed by atoms with Crippen LogP contribution in [0, 0.1) is 5.82 Å². The van der Waals surface area contributed by atoms with Crippen molar-refractivity contribution < 1.29 is 13.6 Å². The number of hydrogen-bond acceptors (Lipinski definition) is 3. The van der Waals surface area contributed by atoms with Crippen LogP contribution in [0.2, 0.25) is 0 Å². The lowest BCUT2D eigenvalue weighted by Gasteiger charge is -2.23. The fourth-order valence-corrected chi connectivity index (χ4v) is 2.97. The highest BCUT2D eigenvalue weighted by atomic mass is 19.1. The minimum absolute atomic E-state index is 0.198. The molecule has 0 spiro atoms. The van der Waals surface area contributed by atoms with E-state index in [0.29, 0.717) is 11.7 Å². The number of benzene rings is 1. The van der Waals surface area contributed by atoms with Crippen molar-refractivity contribution >= 4 is 6.03 Å². The summed E-state index contributed by atoms with van der Waals surface area (Å²) in [5.74, 6) is 0.673. The number of halogens is 1. The molecule has 1 unspecified atom stereocenters. The summed E-state index contributed by atoms with van der Waals surface area (Å²) in [6, 6.07) is 5.72. The number of hydrogen-bond donors (Lipinski definition) is 2. The zero-order valence-electron chi connectivity index (χ0n) is 13.7. The Morgan fingerprint density at radius 2 is 1.96 bits per heavy atom. The highest BCUT2D eigenvalue weighted by Crippen LogP contribution is 2.23. The van der Waals surface area contributed by atoms with Crippen molar-refractivity contribution in [3.63, 3.8) is 0 Å². The maximum Gasteiger partial charge on any atom is 0.315 e. The molecule has 6 heteroatoms. The molecule has 0 bridgehead atoms. The second kappa shape index (κ2) is 7.47. The van der Waals surface area contributed by atoms with Gasteiger partial charge in [-0.05, 0) is 44.0 Å². The van der Waals surface area contributed by atoms with E-state index in [0.717, 1.165) is 18.4 Å². The smallest absolute Gasteiger partial charge is 0.315 e. The van der Waals surface area contributed by atoms with E-state index in [1.54, 1.807) is 18.3 Å². The molecule has 128 valence electrons. The number of rotatable bonds is 4. The number of amides is 2. The Morgan fingerprint density at radius 3 is 2.67 bits per heavy atom. The van der Waals surface area contributed by atoms with E-state index in [1.807, 2.05) is 6.92 Å².